The predicted octanol–water partition coefficient (Wildman–Crippen LogP) is 3.26. The molecule has 1 saturated heterocycles. The topological polar surface area (TPSA) is 59.1 Å². The van der Waals surface area contributed by atoms with Gasteiger partial charge >= 0.3 is 0 Å². The highest BCUT2D eigenvalue weighted by atomic mass is 16.5. The number of nitrogens with zero attached hydrogens (tertiary/aromatic N) is 2. The van der Waals surface area contributed by atoms with E-state index in [4.69, 9.17) is 4.74 Å². The smallest absolute Gasteiger partial charge is 0.134 e. The van der Waals surface area contributed by atoms with E-state index in [2.05, 4.69) is 41.4 Å². The summed E-state index contributed by atoms with van der Waals surface area (Å²) in [5, 5.41) is 6.92. The lowest BCUT2D eigenvalue weighted by Gasteiger charge is -2.24. The van der Waals surface area contributed by atoms with Crippen molar-refractivity contribution in [1.82, 2.24) is 9.97 Å². The third-order valence-electron chi connectivity index (χ3n) is 3.82. The molecule has 2 N–H and O–H groups in total. The molecule has 1 aromatic heterocycles. The summed E-state index contributed by atoms with van der Waals surface area (Å²) in [4.78, 5) is 8.86. The van der Waals surface area contributed by atoms with Crippen LogP contribution in [0.2, 0.25) is 0 Å². The van der Waals surface area contributed by atoms with Crippen molar-refractivity contribution in [2.45, 2.75) is 46.0 Å². The van der Waals surface area contributed by atoms with Gasteiger partial charge in [-0.15, -0.1) is 0 Å². The average molecular weight is 292 g/mol. The van der Waals surface area contributed by atoms with Gasteiger partial charge in [0.15, 0.2) is 0 Å². The molecule has 0 saturated carbocycles. The fourth-order valence-corrected chi connectivity index (χ4v) is 2.68. The minimum Gasteiger partial charge on any atom is -0.381 e. The second-order valence-corrected chi connectivity index (χ2v) is 6.03. The Bertz CT molecular complexity index is 430. The summed E-state index contributed by atoms with van der Waals surface area (Å²) in [7, 11) is 0. The van der Waals surface area contributed by atoms with Gasteiger partial charge in [0.25, 0.3) is 0 Å². The maximum atomic E-state index is 5.54. The van der Waals surface area contributed by atoms with Crippen LogP contribution in [0.5, 0.6) is 0 Å². The van der Waals surface area contributed by atoms with Crippen molar-refractivity contribution in [2.75, 3.05) is 36.9 Å². The van der Waals surface area contributed by atoms with Gasteiger partial charge in [-0.25, -0.2) is 9.97 Å². The van der Waals surface area contributed by atoms with Crippen LogP contribution in [0.1, 0.15) is 51.5 Å². The van der Waals surface area contributed by atoms with Crippen LogP contribution in [0.15, 0.2) is 6.33 Å². The summed E-state index contributed by atoms with van der Waals surface area (Å²) < 4.78 is 5.54. The van der Waals surface area contributed by atoms with Crippen LogP contribution in [-0.2, 0) is 4.74 Å². The van der Waals surface area contributed by atoms with Crippen molar-refractivity contribution >= 4 is 11.6 Å². The van der Waals surface area contributed by atoms with Crippen LogP contribution >= 0.6 is 0 Å². The Hall–Kier alpha value is -1.36. The molecule has 2 rings (SSSR count). The third kappa shape index (κ3) is 4.56. The first-order valence-corrected chi connectivity index (χ1v) is 8.12. The van der Waals surface area contributed by atoms with E-state index in [1.807, 2.05) is 0 Å². The van der Waals surface area contributed by atoms with Crippen molar-refractivity contribution < 1.29 is 4.74 Å². The van der Waals surface area contributed by atoms with Gasteiger partial charge in [0.05, 0.1) is 6.61 Å². The average Bonchev–Trinajstić information content (AvgIpc) is 2.51. The number of ether oxygens (including phenoxy) is 1. The molecule has 5 heteroatoms. The first-order chi connectivity index (χ1) is 10.2. The van der Waals surface area contributed by atoms with Gasteiger partial charge in [0, 0.05) is 25.3 Å². The van der Waals surface area contributed by atoms with Crippen LogP contribution in [0, 0.1) is 5.92 Å². The van der Waals surface area contributed by atoms with E-state index in [1.165, 1.54) is 12.0 Å². The Morgan fingerprint density at radius 1 is 1.29 bits per heavy atom. The van der Waals surface area contributed by atoms with Gasteiger partial charge in [-0.1, -0.05) is 20.8 Å². The van der Waals surface area contributed by atoms with Crippen molar-refractivity contribution in [3.05, 3.63) is 11.9 Å². The second kappa shape index (κ2) is 8.17. The van der Waals surface area contributed by atoms with Crippen molar-refractivity contribution in [3.8, 4) is 0 Å². The lowest BCUT2D eigenvalue weighted by Crippen LogP contribution is -2.25. The Labute approximate surface area is 127 Å². The fourth-order valence-electron chi connectivity index (χ4n) is 2.68. The van der Waals surface area contributed by atoms with E-state index in [0.29, 0.717) is 11.8 Å². The first-order valence-electron chi connectivity index (χ1n) is 8.12. The first kappa shape index (κ1) is 16.0. The number of nitrogens with one attached hydrogen (secondary N) is 2. The van der Waals surface area contributed by atoms with Gasteiger partial charge < -0.3 is 15.4 Å². The van der Waals surface area contributed by atoms with Gasteiger partial charge in [-0.2, -0.15) is 0 Å². The zero-order valence-electron chi connectivity index (χ0n) is 13.5. The largest absolute Gasteiger partial charge is 0.381 e. The Morgan fingerprint density at radius 2 is 2.05 bits per heavy atom. The van der Waals surface area contributed by atoms with Crippen LogP contribution in [-0.4, -0.2) is 36.3 Å². The number of anilines is 2. The Kier molecular flexibility index (Phi) is 6.23. The zero-order chi connectivity index (χ0) is 15.1. The molecule has 0 bridgehead atoms. The van der Waals surface area contributed by atoms with Gasteiger partial charge in [-0.05, 0) is 31.1 Å². The molecule has 0 aromatic carbocycles. The highest BCUT2D eigenvalue weighted by Crippen LogP contribution is 2.28. The molecule has 0 spiro atoms. The lowest BCUT2D eigenvalue weighted by atomic mass is 10.0. The molecule has 1 unspecified atom stereocenters. The minimum absolute atomic E-state index is 0.385. The van der Waals surface area contributed by atoms with Crippen molar-refractivity contribution in [2.24, 2.45) is 5.92 Å². The van der Waals surface area contributed by atoms with E-state index < -0.39 is 0 Å². The number of hydrogen-bond donors (Lipinski definition) is 2. The third-order valence-corrected chi connectivity index (χ3v) is 3.82. The van der Waals surface area contributed by atoms with E-state index in [0.717, 1.165) is 50.8 Å². The lowest BCUT2D eigenvalue weighted by molar-refractivity contribution is 0.0594. The molecule has 5 nitrogen and oxygen atoms in total. The van der Waals surface area contributed by atoms with E-state index >= 15 is 0 Å². The highest BCUT2D eigenvalue weighted by Gasteiger charge is 2.17. The summed E-state index contributed by atoms with van der Waals surface area (Å²) in [6, 6.07) is 0. The monoisotopic (exact) mass is 292 g/mol. The SMILES string of the molecule is CCCNc1ncnc(NCC2CCCOC2)c1C(C)C. The molecule has 1 aliphatic rings. The van der Waals surface area contributed by atoms with Crippen LogP contribution in [0.25, 0.3) is 0 Å². The molecule has 1 atom stereocenters. The van der Waals surface area contributed by atoms with Crippen LogP contribution in [0.4, 0.5) is 11.6 Å². The molecule has 2 heterocycles. The quantitative estimate of drug-likeness (QED) is 0.808. The minimum atomic E-state index is 0.385. The molecular weight excluding hydrogens is 264 g/mol. The maximum Gasteiger partial charge on any atom is 0.134 e. The number of aromatic nitrogens is 2. The second-order valence-electron chi connectivity index (χ2n) is 6.03. The van der Waals surface area contributed by atoms with Crippen LogP contribution in [0.3, 0.4) is 0 Å². The van der Waals surface area contributed by atoms with E-state index in [9.17, 15) is 0 Å². The normalized spacial score (nSPS) is 18.8. The molecule has 0 radical (unpaired) electrons. The Balaban J connectivity index is 2.06. The predicted molar refractivity (Wildman–Crippen MR) is 86.9 cm³/mol. The number of hydrogen-bond acceptors (Lipinski definition) is 5. The van der Waals surface area contributed by atoms with Gasteiger partial charge in [0.1, 0.15) is 18.0 Å². The molecule has 118 valence electrons. The number of rotatable bonds is 7. The van der Waals surface area contributed by atoms with E-state index in [-0.39, 0.29) is 0 Å². The van der Waals surface area contributed by atoms with Crippen LogP contribution < -0.4 is 10.6 Å². The molecular formula is C16H28N4O. The summed E-state index contributed by atoms with van der Waals surface area (Å²) in [6.45, 7) is 10.2. The fraction of sp³-hybridized carbons (Fsp3) is 0.750. The van der Waals surface area contributed by atoms with Crippen molar-refractivity contribution in [1.29, 1.82) is 0 Å². The molecule has 1 fully saturated rings. The standard InChI is InChI=1S/C16H28N4O/c1-4-7-17-15-14(12(2)3)16(20-11-19-15)18-9-13-6-5-8-21-10-13/h11-13H,4-10H2,1-3H3,(H2,17,18,19,20). The maximum absolute atomic E-state index is 5.54. The van der Waals surface area contributed by atoms with E-state index in [1.54, 1.807) is 6.33 Å². The molecule has 0 amide bonds. The van der Waals surface area contributed by atoms with Crippen molar-refractivity contribution in [3.63, 3.8) is 0 Å². The molecule has 0 aliphatic carbocycles. The summed E-state index contributed by atoms with van der Waals surface area (Å²) >= 11 is 0. The summed E-state index contributed by atoms with van der Waals surface area (Å²) in [6.07, 6.45) is 5.12. The summed E-state index contributed by atoms with van der Waals surface area (Å²) in [5.41, 5.74) is 1.18. The zero-order valence-corrected chi connectivity index (χ0v) is 13.5. The van der Waals surface area contributed by atoms with Gasteiger partial charge in [-0.3, -0.25) is 0 Å². The Morgan fingerprint density at radius 3 is 2.67 bits per heavy atom. The highest BCUT2D eigenvalue weighted by molar-refractivity contribution is 5.59. The molecule has 21 heavy (non-hydrogen) atoms. The molecule has 1 aliphatic heterocycles. The molecule has 1 aromatic rings. The summed E-state index contributed by atoms with van der Waals surface area (Å²) in [5.74, 6) is 2.89. The van der Waals surface area contributed by atoms with Gasteiger partial charge in [0.2, 0.25) is 0 Å².